The fraction of sp³-hybridized carbons (Fsp3) is 0.200. The highest BCUT2D eigenvalue weighted by atomic mass is 32.2. The van der Waals surface area contributed by atoms with Gasteiger partial charge >= 0.3 is 16.8 Å². The van der Waals surface area contributed by atoms with Crippen molar-refractivity contribution in [2.75, 3.05) is 18.4 Å². The van der Waals surface area contributed by atoms with E-state index >= 15 is 4.39 Å². The van der Waals surface area contributed by atoms with E-state index in [-0.39, 0.29) is 53.6 Å². The highest BCUT2D eigenvalue weighted by Gasteiger charge is 2.30. The van der Waals surface area contributed by atoms with Crippen molar-refractivity contribution in [2.45, 2.75) is 19.6 Å². The van der Waals surface area contributed by atoms with E-state index < -0.39 is 28.2 Å². The lowest BCUT2D eigenvalue weighted by molar-refractivity contribution is -0.0498. The normalized spacial score (nSPS) is 13.8. The van der Waals surface area contributed by atoms with E-state index in [0.29, 0.717) is 11.3 Å². The monoisotopic (exact) mass is 562 g/mol. The van der Waals surface area contributed by atoms with E-state index in [0.717, 1.165) is 6.07 Å². The molecule has 0 bridgehead atoms. The summed E-state index contributed by atoms with van der Waals surface area (Å²) < 4.78 is 85.7. The Morgan fingerprint density at radius 2 is 1.95 bits per heavy atom. The second kappa shape index (κ2) is 10.5. The largest absolute Gasteiger partial charge is 0.495 e. The molecule has 1 aliphatic rings. The molecule has 0 aliphatic carbocycles. The Hall–Kier alpha value is -4.30. The van der Waals surface area contributed by atoms with Crippen LogP contribution >= 0.6 is 0 Å². The van der Waals surface area contributed by atoms with Crippen molar-refractivity contribution in [3.8, 4) is 28.3 Å². The molecule has 10 nitrogen and oxygen atoms in total. The van der Waals surface area contributed by atoms with Crippen LogP contribution < -0.4 is 19.8 Å². The molecule has 5 rings (SSSR count). The van der Waals surface area contributed by atoms with Crippen LogP contribution in [0.25, 0.3) is 16.8 Å². The van der Waals surface area contributed by atoms with E-state index in [2.05, 4.69) is 19.1 Å². The zero-order valence-electron chi connectivity index (χ0n) is 20.3. The fourth-order valence-electron chi connectivity index (χ4n) is 4.41. The smallest absolute Gasteiger partial charge is 0.387 e. The fourth-order valence-corrected chi connectivity index (χ4v) is 5.55. The van der Waals surface area contributed by atoms with Gasteiger partial charge in [0.1, 0.15) is 23.6 Å². The first kappa shape index (κ1) is 26.3. The van der Waals surface area contributed by atoms with Gasteiger partial charge in [0, 0.05) is 49.0 Å². The topological polar surface area (TPSA) is 116 Å². The predicted molar refractivity (Wildman–Crippen MR) is 134 cm³/mol. The minimum Gasteiger partial charge on any atom is -0.495 e. The van der Waals surface area contributed by atoms with Gasteiger partial charge in [-0.05, 0) is 29.3 Å². The van der Waals surface area contributed by atoms with Crippen LogP contribution in [-0.2, 0) is 23.2 Å². The highest BCUT2D eigenvalue weighted by molar-refractivity contribution is 7.90. The summed E-state index contributed by atoms with van der Waals surface area (Å²) in [5, 5.41) is 3.55. The van der Waals surface area contributed by atoms with Gasteiger partial charge in [0.25, 0.3) is 5.56 Å². The molecule has 0 saturated carbocycles. The molecule has 3 heterocycles. The number of nitrogens with zero attached hydrogens (tertiary/aromatic N) is 3. The Kier molecular flexibility index (Phi) is 7.06. The van der Waals surface area contributed by atoms with Gasteiger partial charge in [0.15, 0.2) is 5.82 Å². The van der Waals surface area contributed by atoms with Gasteiger partial charge in [-0.1, -0.05) is 23.4 Å². The van der Waals surface area contributed by atoms with Crippen LogP contribution in [0.2, 0.25) is 0 Å². The molecule has 0 amide bonds. The molecule has 2 aromatic heterocycles. The van der Waals surface area contributed by atoms with Crippen LogP contribution in [-0.4, -0.2) is 42.7 Å². The molecule has 0 saturated heterocycles. The Balaban J connectivity index is 1.52. The summed E-state index contributed by atoms with van der Waals surface area (Å²) in [6.45, 7) is -3.06. The summed E-state index contributed by atoms with van der Waals surface area (Å²) in [7, 11) is -2.62. The van der Waals surface area contributed by atoms with Crippen LogP contribution in [0.15, 0.2) is 70.2 Å². The average Bonchev–Trinajstić information content (AvgIpc) is 3.40. The minimum absolute atomic E-state index is 0.0253. The van der Waals surface area contributed by atoms with E-state index in [1.165, 1.54) is 70.8 Å². The summed E-state index contributed by atoms with van der Waals surface area (Å²) >= 11 is 0. The Morgan fingerprint density at radius 3 is 2.67 bits per heavy atom. The minimum atomic E-state index is -3.97. The SMILES string of the molecule is COc1cc(-c2cccc(OC(F)F)c2)c(F)cc1-n1c2c(ccc1=O)CN(S(=O)(=O)Nc1ccon1)CC2. The predicted octanol–water partition coefficient (Wildman–Crippen LogP) is 3.96. The third-order valence-electron chi connectivity index (χ3n) is 6.12. The van der Waals surface area contributed by atoms with E-state index in [4.69, 9.17) is 4.74 Å². The first-order valence-corrected chi connectivity index (χ1v) is 13.0. The molecule has 0 spiro atoms. The maximum absolute atomic E-state index is 15.4. The number of ether oxygens (including phenoxy) is 2. The summed E-state index contributed by atoms with van der Waals surface area (Å²) in [6.07, 6.45) is 1.37. The molecule has 2 aromatic carbocycles. The number of pyridine rings is 1. The van der Waals surface area contributed by atoms with Crippen LogP contribution in [0, 0.1) is 5.82 Å². The molecular weight excluding hydrogens is 541 g/mol. The number of methoxy groups -OCH3 is 1. The summed E-state index contributed by atoms with van der Waals surface area (Å²) in [6, 6.07) is 12.2. The third kappa shape index (κ3) is 5.33. The van der Waals surface area contributed by atoms with Crippen molar-refractivity contribution in [2.24, 2.45) is 0 Å². The first-order valence-electron chi connectivity index (χ1n) is 11.5. The summed E-state index contributed by atoms with van der Waals surface area (Å²) in [4.78, 5) is 13.0. The number of anilines is 1. The molecule has 0 fully saturated rings. The Bertz CT molecular complexity index is 1680. The number of hydrogen-bond donors (Lipinski definition) is 1. The van der Waals surface area contributed by atoms with Gasteiger partial charge in [0.2, 0.25) is 0 Å². The van der Waals surface area contributed by atoms with Crippen molar-refractivity contribution >= 4 is 16.0 Å². The first-order chi connectivity index (χ1) is 18.7. The lowest BCUT2D eigenvalue weighted by atomic mass is 10.0. The van der Waals surface area contributed by atoms with E-state index in [9.17, 15) is 22.0 Å². The van der Waals surface area contributed by atoms with Crippen LogP contribution in [0.4, 0.5) is 19.0 Å². The molecule has 0 atom stereocenters. The van der Waals surface area contributed by atoms with Gasteiger partial charge in [-0.15, -0.1) is 0 Å². The van der Waals surface area contributed by atoms with Crippen LogP contribution in [0.5, 0.6) is 11.5 Å². The quantitative estimate of drug-likeness (QED) is 0.346. The van der Waals surface area contributed by atoms with Crippen molar-refractivity contribution in [3.63, 3.8) is 0 Å². The van der Waals surface area contributed by atoms with Gasteiger partial charge in [0.05, 0.1) is 12.8 Å². The number of fused-ring (bicyclic) bond motifs is 1. The third-order valence-corrected chi connectivity index (χ3v) is 7.58. The number of alkyl halides is 2. The number of rotatable bonds is 8. The van der Waals surface area contributed by atoms with Gasteiger partial charge in [-0.25, -0.2) is 4.39 Å². The average molecular weight is 563 g/mol. The van der Waals surface area contributed by atoms with Gasteiger partial charge in [-0.3, -0.25) is 14.1 Å². The van der Waals surface area contributed by atoms with Gasteiger partial charge in [-0.2, -0.15) is 21.5 Å². The number of benzene rings is 2. The van der Waals surface area contributed by atoms with Crippen molar-refractivity contribution in [1.82, 2.24) is 14.0 Å². The van der Waals surface area contributed by atoms with Crippen LogP contribution in [0.1, 0.15) is 11.3 Å². The van der Waals surface area contributed by atoms with Gasteiger partial charge < -0.3 is 14.0 Å². The summed E-state index contributed by atoms with van der Waals surface area (Å²) in [5.41, 5.74) is 0.979. The lowest BCUT2D eigenvalue weighted by Gasteiger charge is -2.30. The second-order valence-electron chi connectivity index (χ2n) is 8.46. The molecule has 0 unspecified atom stereocenters. The van der Waals surface area contributed by atoms with Crippen molar-refractivity contribution in [3.05, 3.63) is 88.3 Å². The molecule has 39 heavy (non-hydrogen) atoms. The van der Waals surface area contributed by atoms with Crippen molar-refractivity contribution in [1.29, 1.82) is 0 Å². The van der Waals surface area contributed by atoms with E-state index in [1.807, 2.05) is 0 Å². The molecule has 204 valence electrons. The summed E-state index contributed by atoms with van der Waals surface area (Å²) in [5.74, 6) is -0.709. The maximum Gasteiger partial charge on any atom is 0.387 e. The Morgan fingerprint density at radius 1 is 1.13 bits per heavy atom. The molecule has 14 heteroatoms. The van der Waals surface area contributed by atoms with Crippen molar-refractivity contribution < 1.29 is 35.6 Å². The zero-order chi connectivity index (χ0) is 27.7. The molecule has 1 aliphatic heterocycles. The number of hydrogen-bond acceptors (Lipinski definition) is 7. The van der Waals surface area contributed by atoms with E-state index in [1.54, 1.807) is 0 Å². The molecular formula is C25H21F3N4O6S. The molecule has 1 N–H and O–H groups in total. The Labute approximate surface area is 220 Å². The lowest BCUT2D eigenvalue weighted by Crippen LogP contribution is -2.41. The maximum atomic E-state index is 15.4. The standard InChI is InChI=1S/C25H21F3N4O6S/c1-36-22-12-18(15-3-2-4-17(11-15)38-25(27)28)19(26)13-21(22)32-20-7-9-31(14-16(20)5-6-24(32)33)39(34,35)30-23-8-10-37-29-23/h2-6,8,10-13,25H,7,9,14H2,1H3,(H,29,30). The second-order valence-corrected chi connectivity index (χ2v) is 10.1. The zero-order valence-corrected chi connectivity index (χ0v) is 21.1. The number of aromatic nitrogens is 2. The highest BCUT2D eigenvalue weighted by Crippen LogP contribution is 2.35. The number of nitrogens with one attached hydrogen (secondary N) is 1. The van der Waals surface area contributed by atoms with Crippen LogP contribution in [0.3, 0.4) is 0 Å². The molecule has 4 aromatic rings. The number of halogens is 3. The molecule has 0 radical (unpaired) electrons.